The predicted molar refractivity (Wildman–Crippen MR) is 80.9 cm³/mol. The highest BCUT2D eigenvalue weighted by molar-refractivity contribution is 5.67. The monoisotopic (exact) mass is 292 g/mol. The third-order valence-electron chi connectivity index (χ3n) is 3.77. The topological polar surface area (TPSA) is 61.8 Å². The summed E-state index contributed by atoms with van der Waals surface area (Å²) in [5.74, 6) is 0.439. The van der Waals surface area contributed by atoms with Gasteiger partial charge in [-0.05, 0) is 30.9 Å². The van der Waals surface area contributed by atoms with Gasteiger partial charge in [-0.1, -0.05) is 30.3 Å². The highest BCUT2D eigenvalue weighted by Crippen LogP contribution is 2.15. The minimum absolute atomic E-state index is 0.194. The second-order valence-corrected chi connectivity index (χ2v) is 5.48. The van der Waals surface area contributed by atoms with Gasteiger partial charge < -0.3 is 20.1 Å². The molecule has 5 nitrogen and oxygen atoms in total. The Labute approximate surface area is 125 Å². The maximum Gasteiger partial charge on any atom is 0.407 e. The molecule has 1 atom stereocenters. The Morgan fingerprint density at radius 1 is 1.38 bits per heavy atom. The first kappa shape index (κ1) is 15.8. The Bertz CT molecular complexity index is 423. The van der Waals surface area contributed by atoms with Crippen molar-refractivity contribution in [1.82, 2.24) is 10.2 Å². The van der Waals surface area contributed by atoms with Crippen LogP contribution in [0, 0.1) is 5.92 Å². The lowest BCUT2D eigenvalue weighted by Crippen LogP contribution is -2.42. The van der Waals surface area contributed by atoms with Gasteiger partial charge >= 0.3 is 6.09 Å². The number of carbonyl (C=O) groups excluding carboxylic acids is 1. The van der Waals surface area contributed by atoms with Crippen molar-refractivity contribution in [2.75, 3.05) is 32.8 Å². The average molecular weight is 292 g/mol. The molecule has 1 aromatic rings. The van der Waals surface area contributed by atoms with E-state index in [4.69, 9.17) is 9.84 Å². The summed E-state index contributed by atoms with van der Waals surface area (Å²) in [6, 6.07) is 9.65. The number of alkyl carbamates (subject to hydrolysis) is 1. The van der Waals surface area contributed by atoms with Crippen molar-refractivity contribution >= 4 is 6.09 Å². The summed E-state index contributed by atoms with van der Waals surface area (Å²) >= 11 is 0. The van der Waals surface area contributed by atoms with Crippen LogP contribution in [0.4, 0.5) is 4.79 Å². The lowest BCUT2D eigenvalue weighted by atomic mass is 9.98. The number of hydrogen-bond acceptors (Lipinski definition) is 4. The number of nitrogens with one attached hydrogen (secondary N) is 1. The van der Waals surface area contributed by atoms with E-state index in [1.54, 1.807) is 0 Å². The van der Waals surface area contributed by atoms with E-state index in [-0.39, 0.29) is 12.7 Å². The smallest absolute Gasteiger partial charge is 0.407 e. The molecular formula is C16H24N2O3. The van der Waals surface area contributed by atoms with E-state index in [9.17, 15) is 4.79 Å². The fourth-order valence-corrected chi connectivity index (χ4v) is 2.66. The Kier molecular flexibility index (Phi) is 6.50. The van der Waals surface area contributed by atoms with Crippen molar-refractivity contribution in [1.29, 1.82) is 0 Å². The molecule has 2 N–H and O–H groups in total. The van der Waals surface area contributed by atoms with Crippen molar-refractivity contribution in [3.05, 3.63) is 35.9 Å². The van der Waals surface area contributed by atoms with E-state index in [1.807, 2.05) is 30.3 Å². The molecule has 1 unspecified atom stereocenters. The van der Waals surface area contributed by atoms with Crippen molar-refractivity contribution in [2.45, 2.75) is 19.4 Å². The zero-order valence-electron chi connectivity index (χ0n) is 12.3. The molecule has 0 spiro atoms. The van der Waals surface area contributed by atoms with E-state index in [0.717, 1.165) is 38.0 Å². The van der Waals surface area contributed by atoms with E-state index in [0.29, 0.717) is 19.1 Å². The third-order valence-corrected chi connectivity index (χ3v) is 3.77. The fraction of sp³-hybridized carbons (Fsp3) is 0.562. The number of aliphatic hydroxyl groups excluding tert-OH is 1. The maximum absolute atomic E-state index is 11.7. The van der Waals surface area contributed by atoms with E-state index in [2.05, 4.69) is 10.2 Å². The molecule has 0 bridgehead atoms. The van der Waals surface area contributed by atoms with Crippen molar-refractivity contribution in [3.8, 4) is 0 Å². The molecule has 1 amide bonds. The predicted octanol–water partition coefficient (Wildman–Crippen LogP) is 1.62. The molecule has 1 heterocycles. The van der Waals surface area contributed by atoms with Crippen LogP contribution in [0.15, 0.2) is 30.3 Å². The minimum atomic E-state index is -0.363. The molecule has 1 aliphatic rings. The molecular weight excluding hydrogens is 268 g/mol. The maximum atomic E-state index is 11.7. The van der Waals surface area contributed by atoms with Gasteiger partial charge in [0.15, 0.2) is 0 Å². The van der Waals surface area contributed by atoms with E-state index in [1.165, 1.54) is 0 Å². The number of aliphatic hydroxyl groups is 1. The number of piperidine rings is 1. The van der Waals surface area contributed by atoms with Gasteiger partial charge in [0.2, 0.25) is 0 Å². The number of β-amino-alcohol motifs (C(OH)–C–C–N with tert-alkyl or cyclic N) is 1. The highest BCUT2D eigenvalue weighted by Gasteiger charge is 2.20. The van der Waals surface area contributed by atoms with Crippen LogP contribution in [-0.2, 0) is 11.3 Å². The van der Waals surface area contributed by atoms with Crippen LogP contribution in [0.3, 0.4) is 0 Å². The quantitative estimate of drug-likeness (QED) is 0.836. The van der Waals surface area contributed by atoms with Gasteiger partial charge in [-0.3, -0.25) is 0 Å². The fourth-order valence-electron chi connectivity index (χ4n) is 2.66. The molecule has 21 heavy (non-hydrogen) atoms. The number of hydrogen-bond donors (Lipinski definition) is 2. The minimum Gasteiger partial charge on any atom is -0.445 e. The molecule has 2 rings (SSSR count). The summed E-state index contributed by atoms with van der Waals surface area (Å²) in [5.41, 5.74) is 0.986. The van der Waals surface area contributed by atoms with Crippen LogP contribution < -0.4 is 5.32 Å². The largest absolute Gasteiger partial charge is 0.445 e. The zero-order valence-corrected chi connectivity index (χ0v) is 12.3. The molecule has 0 saturated carbocycles. The summed E-state index contributed by atoms with van der Waals surface area (Å²) in [6.07, 6.45) is 1.87. The van der Waals surface area contributed by atoms with E-state index < -0.39 is 0 Å². The summed E-state index contributed by atoms with van der Waals surface area (Å²) in [4.78, 5) is 13.9. The average Bonchev–Trinajstić information content (AvgIpc) is 2.53. The number of carbonyl (C=O) groups is 1. The number of ether oxygens (including phenoxy) is 1. The molecule has 1 saturated heterocycles. The van der Waals surface area contributed by atoms with Gasteiger partial charge in [-0.25, -0.2) is 4.79 Å². The van der Waals surface area contributed by atoms with Gasteiger partial charge in [0.05, 0.1) is 6.61 Å². The van der Waals surface area contributed by atoms with Crippen LogP contribution in [0.2, 0.25) is 0 Å². The zero-order chi connectivity index (χ0) is 14.9. The number of nitrogens with zero attached hydrogens (tertiary/aromatic N) is 1. The summed E-state index contributed by atoms with van der Waals surface area (Å²) in [7, 11) is 0. The number of benzene rings is 1. The Morgan fingerprint density at radius 3 is 2.95 bits per heavy atom. The standard InChI is InChI=1S/C16H24N2O3/c19-10-9-18-8-4-7-15(12-18)11-17-16(20)21-13-14-5-2-1-3-6-14/h1-3,5-6,15,19H,4,7-13H2,(H,17,20). The van der Waals surface area contributed by atoms with Crippen LogP contribution in [0.25, 0.3) is 0 Å². The molecule has 116 valence electrons. The van der Waals surface area contributed by atoms with Gasteiger partial charge in [-0.2, -0.15) is 0 Å². The van der Waals surface area contributed by atoms with Gasteiger partial charge in [0, 0.05) is 19.6 Å². The molecule has 0 aliphatic carbocycles. The molecule has 1 aromatic carbocycles. The Hall–Kier alpha value is -1.59. The molecule has 0 aromatic heterocycles. The highest BCUT2D eigenvalue weighted by atomic mass is 16.5. The third kappa shape index (κ3) is 5.73. The van der Waals surface area contributed by atoms with Gasteiger partial charge in [-0.15, -0.1) is 0 Å². The van der Waals surface area contributed by atoms with Crippen molar-refractivity contribution < 1.29 is 14.6 Å². The summed E-state index contributed by atoms with van der Waals surface area (Å²) < 4.78 is 5.19. The van der Waals surface area contributed by atoms with Crippen molar-refractivity contribution in [3.63, 3.8) is 0 Å². The lowest BCUT2D eigenvalue weighted by Gasteiger charge is -2.32. The van der Waals surface area contributed by atoms with Crippen LogP contribution in [0.5, 0.6) is 0 Å². The normalized spacial score (nSPS) is 19.2. The first-order valence-corrected chi connectivity index (χ1v) is 7.55. The first-order valence-electron chi connectivity index (χ1n) is 7.55. The van der Waals surface area contributed by atoms with Crippen LogP contribution >= 0.6 is 0 Å². The number of amides is 1. The molecule has 1 fully saturated rings. The number of rotatable bonds is 6. The first-order chi connectivity index (χ1) is 10.3. The van der Waals surface area contributed by atoms with Crippen LogP contribution in [-0.4, -0.2) is 48.9 Å². The lowest BCUT2D eigenvalue weighted by molar-refractivity contribution is 0.123. The van der Waals surface area contributed by atoms with Gasteiger partial charge in [0.1, 0.15) is 6.61 Å². The van der Waals surface area contributed by atoms with Crippen LogP contribution in [0.1, 0.15) is 18.4 Å². The van der Waals surface area contributed by atoms with E-state index >= 15 is 0 Å². The SMILES string of the molecule is O=C(NCC1CCCN(CCO)C1)OCc1ccccc1. The summed E-state index contributed by atoms with van der Waals surface area (Å²) in [5, 5.41) is 11.8. The number of likely N-dealkylation sites (tertiary alicyclic amines) is 1. The Balaban J connectivity index is 1.64. The second-order valence-electron chi connectivity index (χ2n) is 5.48. The summed E-state index contributed by atoms with van der Waals surface area (Å²) in [6.45, 7) is 3.81. The van der Waals surface area contributed by atoms with Crippen molar-refractivity contribution in [2.24, 2.45) is 5.92 Å². The Morgan fingerprint density at radius 2 is 2.19 bits per heavy atom. The molecule has 0 radical (unpaired) electrons. The molecule has 1 aliphatic heterocycles. The second kappa shape index (κ2) is 8.64. The van der Waals surface area contributed by atoms with Gasteiger partial charge in [0.25, 0.3) is 0 Å². The molecule has 5 heteroatoms.